The van der Waals surface area contributed by atoms with Crippen LogP contribution in [0.5, 0.6) is 0 Å². The van der Waals surface area contributed by atoms with E-state index in [-0.39, 0.29) is 0 Å². The predicted molar refractivity (Wildman–Crippen MR) is 128 cm³/mol. The van der Waals surface area contributed by atoms with Gasteiger partial charge in [0.05, 0.1) is 17.6 Å². The molecule has 7 nitrogen and oxygen atoms in total. The Bertz CT molecular complexity index is 1580. The number of fused-ring (bicyclic) bond motifs is 3. The highest BCUT2D eigenvalue weighted by Gasteiger charge is 2.14. The zero-order valence-corrected chi connectivity index (χ0v) is 18.3. The van der Waals surface area contributed by atoms with Gasteiger partial charge in [-0.25, -0.2) is 18.4 Å². The smallest absolute Gasteiger partial charge is 0.229 e. The zero-order chi connectivity index (χ0) is 22.3. The Labute approximate surface area is 185 Å². The summed E-state index contributed by atoms with van der Waals surface area (Å²) < 4.78 is 31.8. The summed E-state index contributed by atoms with van der Waals surface area (Å²) in [5.74, 6) is 0.592. The van der Waals surface area contributed by atoms with Gasteiger partial charge in [-0.1, -0.05) is 36.4 Å². The molecule has 0 amide bonds. The molecule has 0 aliphatic heterocycles. The average Bonchev–Trinajstić information content (AvgIpc) is 3.14. The topological polar surface area (TPSA) is 97.1 Å². The van der Waals surface area contributed by atoms with Gasteiger partial charge in [0.1, 0.15) is 23.3 Å². The molecular formula is C24H20N4O3S. The SMILES string of the molecule is Cc1ccc(Nc2cc(-c3cccc4oc5ccccc5c34)ncn2)cc1NS(C)(=O)=O. The Hall–Kier alpha value is -3.91. The summed E-state index contributed by atoms with van der Waals surface area (Å²) in [6.45, 7) is 1.84. The van der Waals surface area contributed by atoms with Crippen LogP contribution in [0, 0.1) is 6.92 Å². The fourth-order valence-electron chi connectivity index (χ4n) is 3.72. The van der Waals surface area contributed by atoms with Crippen molar-refractivity contribution in [3.8, 4) is 11.3 Å². The highest BCUT2D eigenvalue weighted by atomic mass is 32.2. The lowest BCUT2D eigenvalue weighted by Crippen LogP contribution is -2.10. The second-order valence-corrected chi connectivity index (χ2v) is 9.34. The molecule has 0 saturated heterocycles. The first-order chi connectivity index (χ1) is 15.4. The van der Waals surface area contributed by atoms with Crippen LogP contribution in [0.3, 0.4) is 0 Å². The highest BCUT2D eigenvalue weighted by Crippen LogP contribution is 2.36. The molecule has 160 valence electrons. The van der Waals surface area contributed by atoms with E-state index in [1.54, 1.807) is 6.07 Å². The molecule has 0 spiro atoms. The van der Waals surface area contributed by atoms with E-state index in [1.165, 1.54) is 6.33 Å². The van der Waals surface area contributed by atoms with Crippen LogP contribution < -0.4 is 10.0 Å². The molecule has 32 heavy (non-hydrogen) atoms. The second kappa shape index (κ2) is 7.65. The second-order valence-electron chi connectivity index (χ2n) is 7.59. The Morgan fingerprint density at radius 3 is 2.56 bits per heavy atom. The molecule has 0 aliphatic rings. The lowest BCUT2D eigenvalue weighted by molar-refractivity contribution is 0.607. The number of hydrogen-bond acceptors (Lipinski definition) is 6. The van der Waals surface area contributed by atoms with Crippen molar-refractivity contribution in [1.29, 1.82) is 0 Å². The Balaban J connectivity index is 1.54. The fourth-order valence-corrected chi connectivity index (χ4v) is 4.34. The van der Waals surface area contributed by atoms with Crippen molar-refractivity contribution in [3.05, 3.63) is 78.6 Å². The minimum absolute atomic E-state index is 0.515. The van der Waals surface area contributed by atoms with E-state index in [4.69, 9.17) is 4.42 Å². The summed E-state index contributed by atoms with van der Waals surface area (Å²) in [5.41, 5.74) is 5.37. The molecule has 0 atom stereocenters. The van der Waals surface area contributed by atoms with Crippen molar-refractivity contribution in [1.82, 2.24) is 9.97 Å². The normalized spacial score (nSPS) is 11.7. The molecule has 3 aromatic carbocycles. The third-order valence-corrected chi connectivity index (χ3v) is 5.74. The van der Waals surface area contributed by atoms with Gasteiger partial charge in [-0.05, 0) is 36.8 Å². The lowest BCUT2D eigenvalue weighted by Gasteiger charge is -2.12. The monoisotopic (exact) mass is 444 g/mol. The van der Waals surface area contributed by atoms with E-state index >= 15 is 0 Å². The maximum Gasteiger partial charge on any atom is 0.229 e. The largest absolute Gasteiger partial charge is 0.456 e. The number of sulfonamides is 1. The molecule has 0 aliphatic carbocycles. The molecule has 5 rings (SSSR count). The van der Waals surface area contributed by atoms with Gasteiger partial charge in [0.25, 0.3) is 0 Å². The Morgan fingerprint density at radius 1 is 0.906 bits per heavy atom. The number of furan rings is 1. The van der Waals surface area contributed by atoms with Crippen molar-refractivity contribution in [2.24, 2.45) is 0 Å². The number of nitrogens with one attached hydrogen (secondary N) is 2. The summed E-state index contributed by atoms with van der Waals surface area (Å²) >= 11 is 0. The highest BCUT2D eigenvalue weighted by molar-refractivity contribution is 7.92. The van der Waals surface area contributed by atoms with Crippen molar-refractivity contribution in [3.63, 3.8) is 0 Å². The summed E-state index contributed by atoms with van der Waals surface area (Å²) in [4.78, 5) is 8.82. The first-order valence-electron chi connectivity index (χ1n) is 9.95. The van der Waals surface area contributed by atoms with Gasteiger partial charge in [0.15, 0.2) is 0 Å². The van der Waals surface area contributed by atoms with Crippen LogP contribution in [0.2, 0.25) is 0 Å². The maximum atomic E-state index is 11.6. The number of rotatable bonds is 5. The summed E-state index contributed by atoms with van der Waals surface area (Å²) in [6, 6.07) is 21.1. The van der Waals surface area contributed by atoms with E-state index in [1.807, 2.05) is 67.6 Å². The zero-order valence-electron chi connectivity index (χ0n) is 17.5. The molecular weight excluding hydrogens is 424 g/mol. The van der Waals surface area contributed by atoms with Crippen LogP contribution in [0.25, 0.3) is 33.2 Å². The maximum absolute atomic E-state index is 11.6. The molecule has 5 aromatic rings. The summed E-state index contributed by atoms with van der Waals surface area (Å²) in [5, 5.41) is 5.27. The van der Waals surface area contributed by atoms with Gasteiger partial charge in [0.2, 0.25) is 10.0 Å². The first kappa shape index (κ1) is 20.0. The number of aryl methyl sites for hydroxylation is 1. The van der Waals surface area contributed by atoms with Crippen molar-refractivity contribution in [2.45, 2.75) is 6.92 Å². The molecule has 0 radical (unpaired) electrons. The van der Waals surface area contributed by atoms with Crippen LogP contribution in [0.15, 0.2) is 77.5 Å². The number of para-hydroxylation sites is 1. The number of anilines is 3. The van der Waals surface area contributed by atoms with Crippen LogP contribution >= 0.6 is 0 Å². The molecule has 0 unspecified atom stereocenters. The lowest BCUT2D eigenvalue weighted by atomic mass is 10.0. The molecule has 8 heteroatoms. The van der Waals surface area contributed by atoms with Gasteiger partial charge in [-0.15, -0.1) is 0 Å². The minimum Gasteiger partial charge on any atom is -0.456 e. The molecule has 2 heterocycles. The van der Waals surface area contributed by atoms with Crippen molar-refractivity contribution in [2.75, 3.05) is 16.3 Å². The van der Waals surface area contributed by atoms with E-state index in [9.17, 15) is 8.42 Å². The molecule has 0 fully saturated rings. The number of hydrogen-bond donors (Lipinski definition) is 2. The van der Waals surface area contributed by atoms with Crippen molar-refractivity contribution < 1.29 is 12.8 Å². The third-order valence-electron chi connectivity index (χ3n) is 5.15. The van der Waals surface area contributed by atoms with E-state index in [0.717, 1.165) is 45.0 Å². The summed E-state index contributed by atoms with van der Waals surface area (Å²) in [6.07, 6.45) is 2.63. The van der Waals surface area contributed by atoms with E-state index < -0.39 is 10.0 Å². The van der Waals surface area contributed by atoms with Gasteiger partial charge in [0, 0.05) is 28.1 Å². The molecule has 2 N–H and O–H groups in total. The molecule has 2 aromatic heterocycles. The molecule has 0 bridgehead atoms. The fraction of sp³-hybridized carbons (Fsp3) is 0.0833. The quantitative estimate of drug-likeness (QED) is 0.373. The number of benzene rings is 3. The van der Waals surface area contributed by atoms with Crippen LogP contribution in [-0.2, 0) is 10.0 Å². The van der Waals surface area contributed by atoms with Gasteiger partial charge < -0.3 is 9.73 Å². The van der Waals surface area contributed by atoms with Gasteiger partial charge in [-0.3, -0.25) is 4.72 Å². The number of nitrogens with zero attached hydrogens (tertiary/aromatic N) is 2. The van der Waals surface area contributed by atoms with E-state index in [0.29, 0.717) is 17.2 Å². The molecule has 0 saturated carbocycles. The number of aromatic nitrogens is 2. The van der Waals surface area contributed by atoms with Crippen LogP contribution in [-0.4, -0.2) is 24.6 Å². The Kier molecular flexibility index (Phi) is 4.79. The minimum atomic E-state index is -3.38. The van der Waals surface area contributed by atoms with Crippen LogP contribution in [0.1, 0.15) is 5.56 Å². The van der Waals surface area contributed by atoms with E-state index in [2.05, 4.69) is 20.0 Å². The average molecular weight is 445 g/mol. The summed E-state index contributed by atoms with van der Waals surface area (Å²) in [7, 11) is -3.38. The van der Waals surface area contributed by atoms with Crippen molar-refractivity contribution >= 4 is 49.2 Å². The Morgan fingerprint density at radius 2 is 1.72 bits per heavy atom. The van der Waals surface area contributed by atoms with Crippen LogP contribution in [0.4, 0.5) is 17.2 Å². The van der Waals surface area contributed by atoms with Gasteiger partial charge >= 0.3 is 0 Å². The first-order valence-corrected chi connectivity index (χ1v) is 11.8. The van der Waals surface area contributed by atoms with Gasteiger partial charge in [-0.2, -0.15) is 0 Å². The predicted octanol–water partition coefficient (Wildman–Crippen LogP) is 5.47. The third kappa shape index (κ3) is 3.88. The standard InChI is InChI=1S/C24H20N4O3S/c1-15-10-11-16(12-19(15)28-32(2,29)30)27-23-13-20(25-14-26-23)17-7-5-9-22-24(17)18-6-3-4-8-21(18)31-22/h3-14,28H,1-2H3,(H,25,26,27).